The largest absolute Gasteiger partial charge is 0.481 e. The highest BCUT2D eigenvalue weighted by Gasteiger charge is 2.14. The standard InChI is InChI=1S/C11H20N2O5/c1-8(10(16)18-2)13-11(17)12-7-5-3-4-6-9(14)15/h8H,3-7H2,1-2H3,(H,14,15)(H2,12,13,17). The molecule has 0 spiro atoms. The molecule has 0 aliphatic rings. The summed E-state index contributed by atoms with van der Waals surface area (Å²) in [5.74, 6) is -1.32. The number of carbonyl (C=O) groups is 3. The van der Waals surface area contributed by atoms with Gasteiger partial charge in [-0.05, 0) is 19.8 Å². The van der Waals surface area contributed by atoms with Gasteiger partial charge in [0.15, 0.2) is 0 Å². The zero-order valence-electron chi connectivity index (χ0n) is 10.7. The number of methoxy groups -OCH3 is 1. The lowest BCUT2D eigenvalue weighted by molar-refractivity contribution is -0.142. The SMILES string of the molecule is COC(=O)C(C)NC(=O)NCCCCCC(=O)O. The number of hydrogen-bond donors (Lipinski definition) is 3. The summed E-state index contributed by atoms with van der Waals surface area (Å²) in [5, 5.41) is 13.4. The molecule has 2 amide bonds. The van der Waals surface area contributed by atoms with Gasteiger partial charge in [-0.15, -0.1) is 0 Å². The van der Waals surface area contributed by atoms with Crippen LogP contribution in [0.15, 0.2) is 0 Å². The van der Waals surface area contributed by atoms with Gasteiger partial charge in [-0.2, -0.15) is 0 Å². The van der Waals surface area contributed by atoms with Crippen LogP contribution in [0.1, 0.15) is 32.6 Å². The molecule has 0 saturated carbocycles. The van der Waals surface area contributed by atoms with Gasteiger partial charge < -0.3 is 20.5 Å². The summed E-state index contributed by atoms with van der Waals surface area (Å²) >= 11 is 0. The van der Waals surface area contributed by atoms with E-state index in [0.29, 0.717) is 19.4 Å². The van der Waals surface area contributed by atoms with Gasteiger partial charge in [-0.1, -0.05) is 6.42 Å². The molecule has 0 radical (unpaired) electrons. The molecule has 7 nitrogen and oxygen atoms in total. The van der Waals surface area contributed by atoms with E-state index in [1.807, 2.05) is 0 Å². The van der Waals surface area contributed by atoms with E-state index in [-0.39, 0.29) is 6.42 Å². The number of ether oxygens (including phenoxy) is 1. The summed E-state index contributed by atoms with van der Waals surface area (Å²) in [5.41, 5.74) is 0. The van der Waals surface area contributed by atoms with E-state index in [0.717, 1.165) is 6.42 Å². The molecule has 0 aliphatic heterocycles. The molecule has 0 bridgehead atoms. The summed E-state index contributed by atoms with van der Waals surface area (Å²) in [6, 6.07) is -1.13. The Labute approximate surface area is 106 Å². The van der Waals surface area contributed by atoms with Crippen LogP contribution in [0.25, 0.3) is 0 Å². The van der Waals surface area contributed by atoms with Crippen molar-refractivity contribution in [1.29, 1.82) is 0 Å². The zero-order chi connectivity index (χ0) is 14.0. The van der Waals surface area contributed by atoms with Crippen molar-refractivity contribution < 1.29 is 24.2 Å². The molecular weight excluding hydrogens is 240 g/mol. The fourth-order valence-electron chi connectivity index (χ4n) is 1.26. The highest BCUT2D eigenvalue weighted by Crippen LogP contribution is 1.98. The quantitative estimate of drug-likeness (QED) is 0.435. The number of rotatable bonds is 8. The van der Waals surface area contributed by atoms with Crippen molar-refractivity contribution in [1.82, 2.24) is 10.6 Å². The van der Waals surface area contributed by atoms with Gasteiger partial charge in [-0.3, -0.25) is 4.79 Å². The lowest BCUT2D eigenvalue weighted by atomic mass is 10.2. The van der Waals surface area contributed by atoms with E-state index in [4.69, 9.17) is 5.11 Å². The van der Waals surface area contributed by atoms with Crippen LogP contribution in [0.4, 0.5) is 4.79 Å². The predicted molar refractivity (Wildman–Crippen MR) is 64.1 cm³/mol. The van der Waals surface area contributed by atoms with Gasteiger partial charge in [-0.25, -0.2) is 9.59 Å². The van der Waals surface area contributed by atoms with Crippen molar-refractivity contribution in [2.45, 2.75) is 38.6 Å². The summed E-state index contributed by atoms with van der Waals surface area (Å²) in [4.78, 5) is 32.5. The van der Waals surface area contributed by atoms with Gasteiger partial charge >= 0.3 is 18.0 Å². The molecule has 0 saturated heterocycles. The number of nitrogens with one attached hydrogen (secondary N) is 2. The number of amides is 2. The summed E-state index contributed by atoms with van der Waals surface area (Å²) in [6.07, 6.45) is 2.18. The molecule has 0 aromatic carbocycles. The van der Waals surface area contributed by atoms with Crippen molar-refractivity contribution >= 4 is 18.0 Å². The van der Waals surface area contributed by atoms with E-state index in [1.54, 1.807) is 0 Å². The normalized spacial score (nSPS) is 11.4. The molecule has 104 valence electrons. The minimum atomic E-state index is -0.812. The Kier molecular flexibility index (Phi) is 8.34. The van der Waals surface area contributed by atoms with Crippen molar-refractivity contribution in [3.63, 3.8) is 0 Å². The fourth-order valence-corrected chi connectivity index (χ4v) is 1.26. The minimum absolute atomic E-state index is 0.144. The molecule has 0 aromatic rings. The fraction of sp³-hybridized carbons (Fsp3) is 0.727. The van der Waals surface area contributed by atoms with E-state index < -0.39 is 24.0 Å². The highest BCUT2D eigenvalue weighted by molar-refractivity contribution is 5.83. The lowest BCUT2D eigenvalue weighted by Gasteiger charge is -2.12. The Morgan fingerprint density at radius 1 is 1.22 bits per heavy atom. The van der Waals surface area contributed by atoms with Crippen LogP contribution in [0.3, 0.4) is 0 Å². The molecule has 1 unspecified atom stereocenters. The van der Waals surface area contributed by atoms with Crippen LogP contribution in [-0.4, -0.2) is 42.8 Å². The Balaban J connectivity index is 3.53. The molecule has 0 heterocycles. The van der Waals surface area contributed by atoms with Gasteiger partial charge in [0, 0.05) is 13.0 Å². The smallest absolute Gasteiger partial charge is 0.328 e. The van der Waals surface area contributed by atoms with E-state index in [9.17, 15) is 14.4 Å². The maximum absolute atomic E-state index is 11.3. The first-order chi connectivity index (χ1) is 8.47. The Hall–Kier alpha value is -1.79. The molecule has 18 heavy (non-hydrogen) atoms. The summed E-state index contributed by atoms with van der Waals surface area (Å²) in [6.45, 7) is 1.97. The molecule has 0 rings (SSSR count). The van der Waals surface area contributed by atoms with Gasteiger partial charge in [0.25, 0.3) is 0 Å². The monoisotopic (exact) mass is 260 g/mol. The molecule has 0 fully saturated rings. The van der Waals surface area contributed by atoms with Crippen molar-refractivity contribution in [3.8, 4) is 0 Å². The molecule has 0 aromatic heterocycles. The maximum atomic E-state index is 11.3. The second-order valence-corrected chi connectivity index (χ2v) is 3.85. The molecule has 0 aliphatic carbocycles. The number of urea groups is 1. The van der Waals surface area contributed by atoms with E-state index >= 15 is 0 Å². The molecule has 1 atom stereocenters. The highest BCUT2D eigenvalue weighted by atomic mass is 16.5. The predicted octanol–water partition coefficient (Wildman–Crippen LogP) is 0.492. The van der Waals surface area contributed by atoms with Gasteiger partial charge in [0.2, 0.25) is 0 Å². The van der Waals surface area contributed by atoms with Crippen LogP contribution < -0.4 is 10.6 Å². The van der Waals surface area contributed by atoms with Crippen molar-refractivity contribution in [3.05, 3.63) is 0 Å². The number of carbonyl (C=O) groups excluding carboxylic acids is 2. The molecular formula is C11H20N2O5. The van der Waals surface area contributed by atoms with Gasteiger partial charge in [0.05, 0.1) is 7.11 Å². The number of hydrogen-bond acceptors (Lipinski definition) is 4. The number of carboxylic acid groups (broad SMARTS) is 1. The first-order valence-corrected chi connectivity index (χ1v) is 5.81. The average Bonchev–Trinajstić information content (AvgIpc) is 2.31. The second-order valence-electron chi connectivity index (χ2n) is 3.85. The summed E-state index contributed by atoms with van der Waals surface area (Å²) in [7, 11) is 1.25. The van der Waals surface area contributed by atoms with E-state index in [1.165, 1.54) is 14.0 Å². The second kappa shape index (κ2) is 9.26. The third kappa shape index (κ3) is 8.37. The van der Waals surface area contributed by atoms with Crippen LogP contribution in [0, 0.1) is 0 Å². The zero-order valence-corrected chi connectivity index (χ0v) is 10.7. The van der Waals surface area contributed by atoms with Crippen LogP contribution >= 0.6 is 0 Å². The molecule has 7 heteroatoms. The van der Waals surface area contributed by atoms with Gasteiger partial charge in [0.1, 0.15) is 6.04 Å². The number of unbranched alkanes of at least 4 members (excludes halogenated alkanes) is 2. The van der Waals surface area contributed by atoms with Crippen LogP contribution in [-0.2, 0) is 14.3 Å². The Morgan fingerprint density at radius 2 is 1.89 bits per heavy atom. The Bertz CT molecular complexity index is 293. The van der Waals surface area contributed by atoms with Crippen LogP contribution in [0.5, 0.6) is 0 Å². The first-order valence-electron chi connectivity index (χ1n) is 5.81. The number of aliphatic carboxylic acids is 1. The van der Waals surface area contributed by atoms with Crippen molar-refractivity contribution in [2.24, 2.45) is 0 Å². The Morgan fingerprint density at radius 3 is 2.44 bits per heavy atom. The topological polar surface area (TPSA) is 105 Å². The third-order valence-corrected chi connectivity index (χ3v) is 2.26. The lowest BCUT2D eigenvalue weighted by Crippen LogP contribution is -2.45. The molecule has 3 N–H and O–H groups in total. The third-order valence-electron chi connectivity index (χ3n) is 2.26. The minimum Gasteiger partial charge on any atom is -0.481 e. The van der Waals surface area contributed by atoms with Crippen LogP contribution in [0.2, 0.25) is 0 Å². The van der Waals surface area contributed by atoms with E-state index in [2.05, 4.69) is 15.4 Å². The number of esters is 1. The maximum Gasteiger partial charge on any atom is 0.328 e. The number of carboxylic acids is 1. The summed E-state index contributed by atoms with van der Waals surface area (Å²) < 4.78 is 4.46. The first kappa shape index (κ1) is 16.2. The average molecular weight is 260 g/mol. The van der Waals surface area contributed by atoms with Crippen molar-refractivity contribution in [2.75, 3.05) is 13.7 Å².